The molecule has 0 radical (unpaired) electrons. The van der Waals surface area contributed by atoms with E-state index in [0.29, 0.717) is 0 Å². The number of rotatable bonds is 35. The monoisotopic (exact) mass is 857 g/mol. The standard InChI is InChI=1S/C19H48N3O24P5/c1-20-14-35-9-17(8-23)45-50(31,32)40-6-4-39-49(29,30)43-13-19(11-37-16-22-3)46-51(33,34)41-7-5-38-48(27,28)42-12-18(10-36-15-21-2)44-47(24,25)26/h17-23H,4-16H2,1-3H3,(H,27,28)(H,29,30)(H,31,32)(H,33,34)(H2,24,25,26). The molecular weight excluding hydrogens is 809 g/mol. The maximum absolute atomic E-state index is 12.4. The SMILES string of the molecule is CNCOCC(COP(=O)(O)OCCOP(=O)(O)OC(COCNC)COP(=O)(O)OCCOP(=O)(O)OC(CO)COCNC)OP(=O)(O)O. The first-order chi connectivity index (χ1) is 23.7. The second-order valence-electron chi connectivity index (χ2n) is 9.26. The Hall–Kier alpha value is 0.270. The van der Waals surface area contributed by atoms with E-state index in [9.17, 15) is 47.5 Å². The number of aliphatic hydroxyl groups is 1. The number of phosphoric acid groups is 5. The summed E-state index contributed by atoms with van der Waals surface area (Å²) in [5.41, 5.74) is 0. The molecule has 0 aliphatic carbocycles. The third-order valence-corrected chi connectivity index (χ3v) is 9.42. The Kier molecular flexibility index (Phi) is 27.1. The Morgan fingerprint density at radius 1 is 0.451 bits per heavy atom. The number of aliphatic hydroxyl groups excluding tert-OH is 1. The van der Waals surface area contributed by atoms with Crippen LogP contribution in [0, 0.1) is 0 Å². The Balaban J connectivity index is 4.89. The van der Waals surface area contributed by atoms with Crippen molar-refractivity contribution in [3.8, 4) is 0 Å². The zero-order chi connectivity index (χ0) is 39.0. The Labute approximate surface area is 293 Å². The number of hydrogen-bond acceptors (Lipinski definition) is 21. The van der Waals surface area contributed by atoms with Crippen LogP contribution in [-0.2, 0) is 77.7 Å². The van der Waals surface area contributed by atoms with E-state index >= 15 is 0 Å². The molecule has 27 nitrogen and oxygen atoms in total. The molecule has 0 aromatic rings. The first-order valence-corrected chi connectivity index (χ1v) is 21.8. The summed E-state index contributed by atoms with van der Waals surface area (Å²) in [5.74, 6) is 0. The van der Waals surface area contributed by atoms with Gasteiger partial charge in [0.15, 0.2) is 0 Å². The molecule has 0 spiro atoms. The topological polar surface area (TPSA) is 374 Å². The summed E-state index contributed by atoms with van der Waals surface area (Å²) < 4.78 is 117. The number of phosphoric ester groups is 5. The van der Waals surface area contributed by atoms with Gasteiger partial charge in [-0.1, -0.05) is 0 Å². The highest BCUT2D eigenvalue weighted by molar-refractivity contribution is 7.48. The van der Waals surface area contributed by atoms with Crippen molar-refractivity contribution < 1.29 is 112 Å². The summed E-state index contributed by atoms with van der Waals surface area (Å²) >= 11 is 0. The minimum absolute atomic E-state index is 0.0542. The van der Waals surface area contributed by atoms with Gasteiger partial charge < -0.3 is 48.7 Å². The highest BCUT2D eigenvalue weighted by Gasteiger charge is 2.33. The minimum atomic E-state index is -5.04. The van der Waals surface area contributed by atoms with Crippen molar-refractivity contribution in [2.75, 3.05) is 107 Å². The molecule has 7 unspecified atom stereocenters. The van der Waals surface area contributed by atoms with Crippen molar-refractivity contribution in [3.63, 3.8) is 0 Å². The zero-order valence-electron chi connectivity index (χ0n) is 27.7. The summed E-state index contributed by atoms with van der Waals surface area (Å²) in [6.07, 6.45) is -4.29. The van der Waals surface area contributed by atoms with Gasteiger partial charge in [-0.15, -0.1) is 0 Å². The average Bonchev–Trinajstić information content (AvgIpc) is 3.02. The molecule has 0 saturated carbocycles. The van der Waals surface area contributed by atoms with Crippen LogP contribution in [0.15, 0.2) is 0 Å². The lowest BCUT2D eigenvalue weighted by Gasteiger charge is -2.22. The van der Waals surface area contributed by atoms with Gasteiger partial charge in [0, 0.05) is 0 Å². The van der Waals surface area contributed by atoms with Gasteiger partial charge in [0.1, 0.15) is 18.3 Å². The zero-order valence-corrected chi connectivity index (χ0v) is 32.2. The number of ether oxygens (including phenoxy) is 3. The second kappa shape index (κ2) is 27.0. The fourth-order valence-electron chi connectivity index (χ4n) is 2.88. The Morgan fingerprint density at radius 2 is 0.765 bits per heavy atom. The number of nitrogens with one attached hydrogen (secondary N) is 3. The van der Waals surface area contributed by atoms with Gasteiger partial charge in [-0.05, 0) is 21.1 Å². The lowest BCUT2D eigenvalue weighted by molar-refractivity contribution is -0.0120. The lowest BCUT2D eigenvalue weighted by atomic mass is 10.4. The molecule has 10 N–H and O–H groups in total. The molecule has 51 heavy (non-hydrogen) atoms. The molecule has 0 saturated heterocycles. The van der Waals surface area contributed by atoms with Gasteiger partial charge in [-0.2, -0.15) is 0 Å². The minimum Gasteiger partial charge on any atom is -0.394 e. The molecule has 0 aliphatic heterocycles. The predicted molar refractivity (Wildman–Crippen MR) is 168 cm³/mol. The first kappa shape index (κ1) is 51.3. The highest BCUT2D eigenvalue weighted by atomic mass is 31.2. The van der Waals surface area contributed by atoms with Crippen LogP contribution in [-0.4, -0.2) is 160 Å². The molecule has 7 atom stereocenters. The summed E-state index contributed by atoms with van der Waals surface area (Å²) in [6.45, 7) is -7.07. The molecule has 0 heterocycles. The summed E-state index contributed by atoms with van der Waals surface area (Å²) in [7, 11) is -20.1. The molecule has 0 aromatic heterocycles. The fourth-order valence-corrected chi connectivity index (χ4v) is 6.60. The van der Waals surface area contributed by atoms with Crippen LogP contribution in [0.5, 0.6) is 0 Å². The van der Waals surface area contributed by atoms with Crippen molar-refractivity contribution >= 4 is 39.1 Å². The third-order valence-electron chi connectivity index (χ3n) is 4.74. The lowest BCUT2D eigenvalue weighted by Crippen LogP contribution is -2.27. The van der Waals surface area contributed by atoms with Gasteiger partial charge in [0.05, 0.1) is 86.3 Å². The molecule has 0 fully saturated rings. The molecule has 0 bridgehead atoms. The van der Waals surface area contributed by atoms with Crippen LogP contribution >= 0.6 is 39.1 Å². The smallest absolute Gasteiger partial charge is 0.394 e. The van der Waals surface area contributed by atoms with Crippen LogP contribution in [0.1, 0.15) is 0 Å². The van der Waals surface area contributed by atoms with E-state index in [1.54, 1.807) is 7.05 Å². The van der Waals surface area contributed by atoms with E-state index in [4.69, 9.17) is 37.6 Å². The van der Waals surface area contributed by atoms with Gasteiger partial charge in [-0.25, -0.2) is 22.8 Å². The first-order valence-electron chi connectivity index (χ1n) is 14.3. The van der Waals surface area contributed by atoms with Crippen LogP contribution in [0.25, 0.3) is 0 Å². The van der Waals surface area contributed by atoms with Crippen molar-refractivity contribution in [1.82, 2.24) is 16.0 Å². The predicted octanol–water partition coefficient (Wildman–Crippen LogP) is -1.69. The average molecular weight is 857 g/mol. The summed E-state index contributed by atoms with van der Waals surface area (Å²) in [5, 5.41) is 17.0. The van der Waals surface area contributed by atoms with Crippen LogP contribution < -0.4 is 16.0 Å². The van der Waals surface area contributed by atoms with Crippen molar-refractivity contribution in [2.45, 2.75) is 18.3 Å². The van der Waals surface area contributed by atoms with Gasteiger partial charge in [-0.3, -0.25) is 56.7 Å². The molecule has 0 amide bonds. The van der Waals surface area contributed by atoms with Crippen molar-refractivity contribution in [2.24, 2.45) is 0 Å². The second-order valence-corrected chi connectivity index (χ2v) is 16.2. The summed E-state index contributed by atoms with van der Waals surface area (Å²) in [4.78, 5) is 57.5. The third kappa shape index (κ3) is 30.2. The normalized spacial score (nSPS) is 19.0. The Bertz CT molecular complexity index is 1170. The van der Waals surface area contributed by atoms with Crippen LogP contribution in [0.2, 0.25) is 0 Å². The maximum Gasteiger partial charge on any atom is 0.472 e. The molecule has 308 valence electrons. The van der Waals surface area contributed by atoms with Gasteiger partial charge in [0.2, 0.25) is 0 Å². The Morgan fingerprint density at radius 3 is 1.10 bits per heavy atom. The van der Waals surface area contributed by atoms with Crippen molar-refractivity contribution in [3.05, 3.63) is 0 Å². The van der Waals surface area contributed by atoms with E-state index in [-0.39, 0.29) is 26.8 Å². The molecule has 0 aromatic carbocycles. The molecule has 0 rings (SSSR count). The van der Waals surface area contributed by atoms with E-state index in [1.165, 1.54) is 14.1 Å². The number of hydrogen-bond donors (Lipinski definition) is 10. The van der Waals surface area contributed by atoms with Crippen molar-refractivity contribution in [1.29, 1.82) is 0 Å². The maximum atomic E-state index is 12.4. The van der Waals surface area contributed by atoms with Gasteiger partial charge >= 0.3 is 39.1 Å². The van der Waals surface area contributed by atoms with E-state index in [1.807, 2.05) is 0 Å². The highest BCUT2D eigenvalue weighted by Crippen LogP contribution is 2.49. The largest absolute Gasteiger partial charge is 0.472 e. The molecule has 32 heteroatoms. The molecule has 0 aliphatic rings. The van der Waals surface area contributed by atoms with E-state index < -0.39 is 117 Å². The van der Waals surface area contributed by atoms with Gasteiger partial charge in [0.25, 0.3) is 0 Å². The van der Waals surface area contributed by atoms with Crippen LogP contribution in [0.3, 0.4) is 0 Å². The molecular formula is C19H48N3O24P5. The van der Waals surface area contributed by atoms with E-state index in [2.05, 4.69) is 43.1 Å². The van der Waals surface area contributed by atoms with E-state index in [0.717, 1.165) is 0 Å². The van der Waals surface area contributed by atoms with Crippen LogP contribution in [0.4, 0.5) is 0 Å². The summed E-state index contributed by atoms with van der Waals surface area (Å²) in [6, 6.07) is 0. The fraction of sp³-hybridized carbons (Fsp3) is 1.00. The quantitative estimate of drug-likeness (QED) is 0.0193.